The Morgan fingerprint density at radius 2 is 2.15 bits per heavy atom. The standard InChI is InChI=1S/C15H17N5/c1-8-3-9(2)14-11(4-8)19-15(20-14)12-5-10-13(6-16-12)18-7-17-10/h3-4,7,12,16H,5-6H2,1-2H3,(H,17,18)(H,19,20). The minimum absolute atomic E-state index is 0.206. The summed E-state index contributed by atoms with van der Waals surface area (Å²) in [5, 5.41) is 3.51. The second-order valence-corrected chi connectivity index (χ2v) is 5.57. The molecule has 0 saturated carbocycles. The first-order valence-electron chi connectivity index (χ1n) is 6.92. The Morgan fingerprint density at radius 3 is 3.05 bits per heavy atom. The maximum Gasteiger partial charge on any atom is 0.124 e. The van der Waals surface area contributed by atoms with Crippen molar-refractivity contribution >= 4 is 11.0 Å². The summed E-state index contributed by atoms with van der Waals surface area (Å²) in [7, 11) is 0. The lowest BCUT2D eigenvalue weighted by Gasteiger charge is -2.20. The number of aromatic nitrogens is 4. The molecule has 0 fully saturated rings. The SMILES string of the molecule is Cc1cc(C)c2nc(C3Cc4nc[nH]c4CN3)[nH]c2c1. The zero-order chi connectivity index (χ0) is 13.7. The van der Waals surface area contributed by atoms with Crippen LogP contribution >= 0.6 is 0 Å². The molecule has 0 amide bonds. The number of nitrogens with one attached hydrogen (secondary N) is 3. The summed E-state index contributed by atoms with van der Waals surface area (Å²) < 4.78 is 0. The van der Waals surface area contributed by atoms with Gasteiger partial charge in [-0.1, -0.05) is 6.07 Å². The number of rotatable bonds is 1. The highest BCUT2D eigenvalue weighted by molar-refractivity contribution is 5.79. The second kappa shape index (κ2) is 4.18. The van der Waals surface area contributed by atoms with E-state index in [4.69, 9.17) is 4.98 Å². The van der Waals surface area contributed by atoms with Crippen LogP contribution in [0.5, 0.6) is 0 Å². The van der Waals surface area contributed by atoms with Crippen LogP contribution in [0.2, 0.25) is 0 Å². The lowest BCUT2D eigenvalue weighted by atomic mass is 10.1. The van der Waals surface area contributed by atoms with E-state index in [1.54, 1.807) is 6.33 Å². The first kappa shape index (κ1) is 11.7. The van der Waals surface area contributed by atoms with Crippen LogP contribution in [0.1, 0.15) is 34.4 Å². The van der Waals surface area contributed by atoms with E-state index in [1.807, 2.05) is 0 Å². The van der Waals surface area contributed by atoms with Gasteiger partial charge in [0.1, 0.15) is 5.82 Å². The van der Waals surface area contributed by atoms with Gasteiger partial charge in [-0.25, -0.2) is 9.97 Å². The molecule has 20 heavy (non-hydrogen) atoms. The predicted molar refractivity (Wildman–Crippen MR) is 77.4 cm³/mol. The molecule has 0 aliphatic carbocycles. The summed E-state index contributed by atoms with van der Waals surface area (Å²) in [4.78, 5) is 15.8. The van der Waals surface area contributed by atoms with Crippen LogP contribution in [0.25, 0.3) is 11.0 Å². The van der Waals surface area contributed by atoms with Gasteiger partial charge in [0.25, 0.3) is 0 Å². The molecular weight excluding hydrogens is 250 g/mol. The van der Waals surface area contributed by atoms with Gasteiger partial charge in [0.2, 0.25) is 0 Å². The van der Waals surface area contributed by atoms with Crippen molar-refractivity contribution < 1.29 is 0 Å². The summed E-state index contributed by atoms with van der Waals surface area (Å²) in [6.07, 6.45) is 2.64. The van der Waals surface area contributed by atoms with E-state index < -0.39 is 0 Å². The lowest BCUT2D eigenvalue weighted by molar-refractivity contribution is 0.472. The Labute approximate surface area is 116 Å². The highest BCUT2D eigenvalue weighted by Crippen LogP contribution is 2.25. The molecule has 5 heteroatoms. The number of benzene rings is 1. The molecule has 5 nitrogen and oxygen atoms in total. The van der Waals surface area contributed by atoms with E-state index in [-0.39, 0.29) is 6.04 Å². The second-order valence-electron chi connectivity index (χ2n) is 5.57. The van der Waals surface area contributed by atoms with Crippen LogP contribution in [0.15, 0.2) is 18.5 Å². The van der Waals surface area contributed by atoms with Crippen LogP contribution < -0.4 is 5.32 Å². The van der Waals surface area contributed by atoms with Crippen LogP contribution in [0.3, 0.4) is 0 Å². The normalized spacial score (nSPS) is 18.4. The molecule has 3 aromatic rings. The van der Waals surface area contributed by atoms with Gasteiger partial charge in [0.15, 0.2) is 0 Å². The van der Waals surface area contributed by atoms with Gasteiger partial charge >= 0.3 is 0 Å². The van der Waals surface area contributed by atoms with Crippen LogP contribution in [-0.4, -0.2) is 19.9 Å². The highest BCUT2D eigenvalue weighted by Gasteiger charge is 2.24. The third-order valence-electron chi connectivity index (χ3n) is 4.00. The molecule has 1 aliphatic heterocycles. The predicted octanol–water partition coefficient (Wildman–Crippen LogP) is 2.29. The molecule has 1 atom stereocenters. The van der Waals surface area contributed by atoms with Crippen LogP contribution in [-0.2, 0) is 13.0 Å². The minimum Gasteiger partial charge on any atom is -0.347 e. The van der Waals surface area contributed by atoms with Gasteiger partial charge in [-0.15, -0.1) is 0 Å². The number of hydrogen-bond donors (Lipinski definition) is 3. The molecule has 1 aromatic carbocycles. The van der Waals surface area contributed by atoms with Gasteiger partial charge in [0.05, 0.1) is 34.8 Å². The smallest absolute Gasteiger partial charge is 0.124 e. The molecule has 1 aliphatic rings. The topological polar surface area (TPSA) is 69.4 Å². The van der Waals surface area contributed by atoms with Gasteiger partial charge < -0.3 is 15.3 Å². The number of fused-ring (bicyclic) bond motifs is 2. The summed E-state index contributed by atoms with van der Waals surface area (Å²) >= 11 is 0. The molecule has 3 heterocycles. The van der Waals surface area contributed by atoms with E-state index in [0.717, 1.165) is 35.5 Å². The van der Waals surface area contributed by atoms with E-state index in [1.165, 1.54) is 16.8 Å². The summed E-state index contributed by atoms with van der Waals surface area (Å²) in [6.45, 7) is 5.04. The lowest BCUT2D eigenvalue weighted by Crippen LogP contribution is -2.29. The van der Waals surface area contributed by atoms with E-state index in [2.05, 4.69) is 46.2 Å². The average molecular weight is 267 g/mol. The van der Waals surface area contributed by atoms with Crippen LogP contribution in [0.4, 0.5) is 0 Å². The third kappa shape index (κ3) is 1.74. The number of hydrogen-bond acceptors (Lipinski definition) is 3. The summed E-state index contributed by atoms with van der Waals surface area (Å²) in [5.41, 5.74) is 6.99. The largest absolute Gasteiger partial charge is 0.347 e. The molecule has 0 spiro atoms. The fraction of sp³-hybridized carbons (Fsp3) is 0.333. The summed E-state index contributed by atoms with van der Waals surface area (Å²) in [6, 6.07) is 4.53. The van der Waals surface area contributed by atoms with Gasteiger partial charge in [-0.05, 0) is 31.0 Å². The van der Waals surface area contributed by atoms with Crippen molar-refractivity contribution in [3.8, 4) is 0 Å². The average Bonchev–Trinajstić information content (AvgIpc) is 3.03. The number of aryl methyl sites for hydroxylation is 2. The van der Waals surface area contributed by atoms with Gasteiger partial charge in [-0.3, -0.25) is 0 Å². The van der Waals surface area contributed by atoms with Gasteiger partial charge in [-0.2, -0.15) is 0 Å². The van der Waals surface area contributed by atoms with Gasteiger partial charge in [0, 0.05) is 13.0 Å². The highest BCUT2D eigenvalue weighted by atomic mass is 15.1. The van der Waals surface area contributed by atoms with E-state index in [9.17, 15) is 0 Å². The molecule has 0 radical (unpaired) electrons. The van der Waals surface area contributed by atoms with E-state index >= 15 is 0 Å². The molecule has 2 aromatic heterocycles. The summed E-state index contributed by atoms with van der Waals surface area (Å²) in [5.74, 6) is 1.00. The molecule has 3 N–H and O–H groups in total. The van der Waals surface area contributed by atoms with Crippen molar-refractivity contribution in [2.45, 2.75) is 32.9 Å². The molecule has 102 valence electrons. The molecule has 0 saturated heterocycles. The zero-order valence-corrected chi connectivity index (χ0v) is 11.6. The molecular formula is C15H17N5. The molecule has 1 unspecified atom stereocenters. The number of imidazole rings is 2. The Kier molecular flexibility index (Phi) is 2.44. The van der Waals surface area contributed by atoms with E-state index in [0.29, 0.717) is 0 Å². The quantitative estimate of drug-likeness (QED) is 0.633. The third-order valence-corrected chi connectivity index (χ3v) is 4.00. The Balaban J connectivity index is 1.75. The van der Waals surface area contributed by atoms with Crippen LogP contribution in [0, 0.1) is 13.8 Å². The number of H-pyrrole nitrogens is 2. The van der Waals surface area contributed by atoms with Crippen molar-refractivity contribution in [3.63, 3.8) is 0 Å². The number of aromatic amines is 2. The van der Waals surface area contributed by atoms with Crippen molar-refractivity contribution in [3.05, 3.63) is 46.8 Å². The first-order chi connectivity index (χ1) is 9.70. The minimum atomic E-state index is 0.206. The fourth-order valence-corrected chi connectivity index (χ4v) is 3.02. The zero-order valence-electron chi connectivity index (χ0n) is 11.6. The van der Waals surface area contributed by atoms with Crippen molar-refractivity contribution in [1.82, 2.24) is 25.3 Å². The Bertz CT molecular complexity index is 783. The maximum atomic E-state index is 4.78. The maximum absolute atomic E-state index is 4.78. The fourth-order valence-electron chi connectivity index (χ4n) is 3.02. The Hall–Kier alpha value is -2.14. The monoisotopic (exact) mass is 267 g/mol. The first-order valence-corrected chi connectivity index (χ1v) is 6.92. The molecule has 0 bridgehead atoms. The van der Waals surface area contributed by atoms with Crippen molar-refractivity contribution in [2.24, 2.45) is 0 Å². The van der Waals surface area contributed by atoms with Crippen molar-refractivity contribution in [2.75, 3.05) is 0 Å². The molecule has 4 rings (SSSR count). The van der Waals surface area contributed by atoms with Crippen molar-refractivity contribution in [1.29, 1.82) is 0 Å². The Morgan fingerprint density at radius 1 is 1.25 bits per heavy atom. The number of nitrogens with zero attached hydrogens (tertiary/aromatic N) is 2.